The van der Waals surface area contributed by atoms with Gasteiger partial charge in [0.25, 0.3) is 0 Å². The Morgan fingerprint density at radius 1 is 1.28 bits per heavy atom. The smallest absolute Gasteiger partial charge is 0.331 e. The lowest BCUT2D eigenvalue weighted by Gasteiger charge is -2.38. The van der Waals surface area contributed by atoms with E-state index in [0.29, 0.717) is 6.42 Å². The molecule has 2 amide bonds. The molecule has 7 nitrogen and oxygen atoms in total. The number of rotatable bonds is 8. The van der Waals surface area contributed by atoms with Crippen molar-refractivity contribution >= 4 is 17.8 Å². The standard InChI is InChI=1S/C22H39N3O4/c1-8-11-16(14-15(2)21(28)29)25(7)20(27)18(22(3,4)5)23-19(26)17-12-9-10-13-24(17)6/h14,16-18H,8-13H2,1-7H3,(H,23,26)(H,28,29)/b15-14+. The fourth-order valence-electron chi connectivity index (χ4n) is 3.70. The molecule has 3 unspecified atom stereocenters. The number of carboxylic acid groups (broad SMARTS) is 1. The van der Waals surface area contributed by atoms with Gasteiger partial charge in [-0.2, -0.15) is 0 Å². The number of aliphatic carboxylic acids is 1. The number of carboxylic acids is 1. The van der Waals surface area contributed by atoms with Crippen molar-refractivity contribution in [1.29, 1.82) is 0 Å². The van der Waals surface area contributed by atoms with E-state index in [1.54, 1.807) is 18.0 Å². The third-order valence-electron chi connectivity index (χ3n) is 5.68. The zero-order valence-electron chi connectivity index (χ0n) is 19.1. The maximum atomic E-state index is 13.4. The summed E-state index contributed by atoms with van der Waals surface area (Å²) in [6.07, 6.45) is 5.98. The van der Waals surface area contributed by atoms with Gasteiger partial charge in [-0.05, 0) is 45.2 Å². The summed E-state index contributed by atoms with van der Waals surface area (Å²) < 4.78 is 0. The van der Waals surface area contributed by atoms with Crippen LogP contribution in [0.5, 0.6) is 0 Å². The van der Waals surface area contributed by atoms with Gasteiger partial charge < -0.3 is 15.3 Å². The van der Waals surface area contributed by atoms with Gasteiger partial charge in [0.05, 0.1) is 12.1 Å². The quantitative estimate of drug-likeness (QED) is 0.602. The molecule has 0 spiro atoms. The van der Waals surface area contributed by atoms with E-state index in [2.05, 4.69) is 5.32 Å². The molecule has 1 fully saturated rings. The summed E-state index contributed by atoms with van der Waals surface area (Å²) in [5, 5.41) is 12.2. The zero-order valence-corrected chi connectivity index (χ0v) is 19.1. The molecule has 0 aromatic rings. The number of carbonyl (C=O) groups is 3. The Balaban J connectivity index is 3.06. The van der Waals surface area contributed by atoms with E-state index >= 15 is 0 Å². The second-order valence-corrected chi connectivity index (χ2v) is 9.26. The molecule has 29 heavy (non-hydrogen) atoms. The normalized spacial score (nSPS) is 20.7. The van der Waals surface area contributed by atoms with Gasteiger partial charge in [-0.25, -0.2) is 4.79 Å². The van der Waals surface area contributed by atoms with Crippen molar-refractivity contribution < 1.29 is 19.5 Å². The van der Waals surface area contributed by atoms with E-state index in [0.717, 1.165) is 32.2 Å². The lowest BCUT2D eigenvalue weighted by atomic mass is 9.85. The SMILES string of the molecule is CCCC(/C=C(\C)C(=O)O)N(C)C(=O)C(NC(=O)C1CCCCN1C)C(C)(C)C. The van der Waals surface area contributed by atoms with E-state index in [-0.39, 0.29) is 29.5 Å². The Kier molecular flexibility index (Phi) is 9.33. The molecule has 0 saturated carbocycles. The largest absolute Gasteiger partial charge is 0.478 e. The average molecular weight is 410 g/mol. The fourth-order valence-corrected chi connectivity index (χ4v) is 3.70. The minimum Gasteiger partial charge on any atom is -0.478 e. The van der Waals surface area contributed by atoms with Crippen molar-refractivity contribution in [1.82, 2.24) is 15.1 Å². The van der Waals surface area contributed by atoms with Crippen LogP contribution in [-0.2, 0) is 14.4 Å². The lowest BCUT2D eigenvalue weighted by molar-refractivity contribution is -0.141. The number of nitrogens with zero attached hydrogens (tertiary/aromatic N) is 2. The number of piperidine rings is 1. The van der Waals surface area contributed by atoms with Crippen LogP contribution in [0.4, 0.5) is 0 Å². The molecule has 0 aromatic carbocycles. The zero-order chi connectivity index (χ0) is 22.4. The van der Waals surface area contributed by atoms with Crippen molar-refractivity contribution in [2.45, 2.75) is 84.8 Å². The Morgan fingerprint density at radius 2 is 1.90 bits per heavy atom. The summed E-state index contributed by atoms with van der Waals surface area (Å²) in [4.78, 5) is 41.2. The molecule has 1 rings (SSSR count). The fraction of sp³-hybridized carbons (Fsp3) is 0.773. The van der Waals surface area contributed by atoms with Gasteiger partial charge in [-0.15, -0.1) is 0 Å². The summed E-state index contributed by atoms with van der Waals surface area (Å²) in [6.45, 7) is 10.2. The number of carbonyl (C=O) groups excluding carboxylic acids is 2. The summed E-state index contributed by atoms with van der Waals surface area (Å²) in [5.74, 6) is -1.30. The molecule has 0 bridgehead atoms. The Hall–Kier alpha value is -1.89. The van der Waals surface area contributed by atoms with Crippen molar-refractivity contribution in [2.75, 3.05) is 20.6 Å². The van der Waals surface area contributed by atoms with Gasteiger partial charge >= 0.3 is 5.97 Å². The number of hydrogen-bond donors (Lipinski definition) is 2. The van der Waals surface area contributed by atoms with Crippen LogP contribution >= 0.6 is 0 Å². The van der Waals surface area contributed by atoms with Crippen molar-refractivity contribution in [3.8, 4) is 0 Å². The van der Waals surface area contributed by atoms with Crippen LogP contribution in [0.1, 0.15) is 66.7 Å². The van der Waals surface area contributed by atoms with Gasteiger partial charge in [0.15, 0.2) is 0 Å². The van der Waals surface area contributed by atoms with Gasteiger partial charge in [0.2, 0.25) is 11.8 Å². The first-order valence-electron chi connectivity index (χ1n) is 10.6. The van der Waals surface area contributed by atoms with E-state index in [9.17, 15) is 19.5 Å². The van der Waals surface area contributed by atoms with E-state index in [1.165, 1.54) is 6.92 Å². The monoisotopic (exact) mass is 409 g/mol. The average Bonchev–Trinajstić information content (AvgIpc) is 2.63. The summed E-state index contributed by atoms with van der Waals surface area (Å²) in [6, 6.07) is -1.23. The topological polar surface area (TPSA) is 90.0 Å². The van der Waals surface area contributed by atoms with Crippen LogP contribution in [0.15, 0.2) is 11.6 Å². The van der Waals surface area contributed by atoms with Crippen LogP contribution in [0, 0.1) is 5.41 Å². The van der Waals surface area contributed by atoms with Gasteiger partial charge in [-0.1, -0.05) is 46.6 Å². The lowest BCUT2D eigenvalue weighted by Crippen LogP contribution is -2.59. The predicted molar refractivity (Wildman–Crippen MR) is 115 cm³/mol. The van der Waals surface area contributed by atoms with Crippen molar-refractivity contribution in [3.63, 3.8) is 0 Å². The van der Waals surface area contributed by atoms with E-state index in [4.69, 9.17) is 0 Å². The number of likely N-dealkylation sites (N-methyl/N-ethyl adjacent to an activating group) is 2. The number of nitrogens with one attached hydrogen (secondary N) is 1. The highest BCUT2D eigenvalue weighted by atomic mass is 16.4. The third kappa shape index (κ3) is 7.14. The van der Waals surface area contributed by atoms with Crippen molar-refractivity contribution in [3.05, 3.63) is 11.6 Å². The van der Waals surface area contributed by atoms with Crippen LogP contribution in [0.25, 0.3) is 0 Å². The number of likely N-dealkylation sites (tertiary alicyclic amines) is 1. The Bertz CT molecular complexity index is 624. The van der Waals surface area contributed by atoms with Crippen LogP contribution in [0.2, 0.25) is 0 Å². The Labute approximate surface area is 175 Å². The molecule has 166 valence electrons. The minimum absolute atomic E-state index is 0.113. The second kappa shape index (κ2) is 10.8. The predicted octanol–water partition coefficient (Wildman–Crippen LogP) is 2.66. The van der Waals surface area contributed by atoms with Crippen LogP contribution in [0.3, 0.4) is 0 Å². The molecule has 0 aromatic heterocycles. The molecular formula is C22H39N3O4. The number of hydrogen-bond acceptors (Lipinski definition) is 4. The molecule has 0 aliphatic carbocycles. The highest BCUT2D eigenvalue weighted by molar-refractivity contribution is 5.91. The highest BCUT2D eigenvalue weighted by Gasteiger charge is 2.38. The molecular weight excluding hydrogens is 370 g/mol. The van der Waals surface area contributed by atoms with Crippen molar-refractivity contribution in [2.24, 2.45) is 5.41 Å². The maximum Gasteiger partial charge on any atom is 0.331 e. The summed E-state index contributed by atoms with van der Waals surface area (Å²) in [5.41, 5.74) is -0.264. The highest BCUT2D eigenvalue weighted by Crippen LogP contribution is 2.24. The molecule has 1 aliphatic heterocycles. The molecule has 1 heterocycles. The molecule has 2 N–H and O–H groups in total. The molecule has 3 atom stereocenters. The first-order valence-corrected chi connectivity index (χ1v) is 10.6. The molecule has 0 radical (unpaired) electrons. The van der Waals surface area contributed by atoms with Gasteiger partial charge in [-0.3, -0.25) is 14.5 Å². The first-order chi connectivity index (χ1) is 13.4. The summed E-state index contributed by atoms with van der Waals surface area (Å²) >= 11 is 0. The van der Waals surface area contributed by atoms with E-state index < -0.39 is 17.4 Å². The Morgan fingerprint density at radius 3 is 2.38 bits per heavy atom. The van der Waals surface area contributed by atoms with Crippen LogP contribution < -0.4 is 5.32 Å². The summed E-state index contributed by atoms with van der Waals surface area (Å²) in [7, 11) is 3.63. The molecule has 1 saturated heterocycles. The third-order valence-corrected chi connectivity index (χ3v) is 5.68. The first kappa shape index (κ1) is 25.1. The molecule has 1 aliphatic rings. The minimum atomic E-state index is -0.993. The van der Waals surface area contributed by atoms with Gasteiger partial charge in [0, 0.05) is 12.6 Å². The second-order valence-electron chi connectivity index (χ2n) is 9.26. The maximum absolute atomic E-state index is 13.4. The van der Waals surface area contributed by atoms with Crippen LogP contribution in [-0.4, -0.2) is 71.5 Å². The van der Waals surface area contributed by atoms with Gasteiger partial charge in [0.1, 0.15) is 6.04 Å². The van der Waals surface area contributed by atoms with E-state index in [1.807, 2.05) is 39.6 Å². The number of amides is 2. The molecule has 7 heteroatoms.